The lowest BCUT2D eigenvalue weighted by Gasteiger charge is -2.06. The molecule has 1 aromatic carbocycles. The first-order valence-electron chi connectivity index (χ1n) is 5.63. The molecule has 0 spiro atoms. The molecule has 0 atom stereocenters. The minimum absolute atomic E-state index is 0.316. The van der Waals surface area contributed by atoms with Crippen LogP contribution in [0.25, 0.3) is 10.1 Å². The van der Waals surface area contributed by atoms with Gasteiger partial charge in [-0.2, -0.15) is 0 Å². The zero-order valence-corrected chi connectivity index (χ0v) is 12.4. The number of hydrogen-bond donors (Lipinski definition) is 0. The van der Waals surface area contributed by atoms with E-state index in [1.165, 1.54) is 11.3 Å². The highest BCUT2D eigenvalue weighted by Gasteiger charge is 2.20. The summed E-state index contributed by atoms with van der Waals surface area (Å²) in [4.78, 5) is 12.2. The van der Waals surface area contributed by atoms with E-state index in [1.807, 2.05) is 0 Å². The van der Waals surface area contributed by atoms with Crippen molar-refractivity contribution >= 4 is 39.0 Å². The van der Waals surface area contributed by atoms with Crippen molar-refractivity contribution in [2.45, 2.75) is 6.92 Å². The van der Waals surface area contributed by atoms with Crippen molar-refractivity contribution in [1.82, 2.24) is 0 Å². The molecule has 102 valence electrons. The van der Waals surface area contributed by atoms with Gasteiger partial charge >= 0.3 is 5.97 Å². The molecule has 19 heavy (non-hydrogen) atoms. The summed E-state index contributed by atoms with van der Waals surface area (Å²) in [5.41, 5.74) is 0. The first-order chi connectivity index (χ1) is 9.12. The molecule has 0 radical (unpaired) electrons. The van der Waals surface area contributed by atoms with E-state index in [0.29, 0.717) is 28.0 Å². The topological polar surface area (TPSA) is 44.8 Å². The summed E-state index contributed by atoms with van der Waals surface area (Å²) < 4.78 is 16.3. The SMILES string of the molecule is CCOC(=O)c1sc2cc(OC)c(OC)cc2c1Cl. The highest BCUT2D eigenvalue weighted by molar-refractivity contribution is 7.21. The monoisotopic (exact) mass is 300 g/mol. The molecule has 0 amide bonds. The van der Waals surface area contributed by atoms with Gasteiger partial charge in [0.15, 0.2) is 11.5 Å². The molecule has 0 aliphatic heterocycles. The van der Waals surface area contributed by atoms with Crippen molar-refractivity contribution in [2.24, 2.45) is 0 Å². The zero-order valence-electron chi connectivity index (χ0n) is 10.8. The van der Waals surface area contributed by atoms with Gasteiger partial charge in [-0.1, -0.05) is 11.6 Å². The Morgan fingerprint density at radius 2 is 1.89 bits per heavy atom. The van der Waals surface area contributed by atoms with Crippen molar-refractivity contribution in [1.29, 1.82) is 0 Å². The van der Waals surface area contributed by atoms with Crippen molar-refractivity contribution in [2.75, 3.05) is 20.8 Å². The predicted molar refractivity (Wildman–Crippen MR) is 75.9 cm³/mol. The van der Waals surface area contributed by atoms with Gasteiger partial charge in [0, 0.05) is 16.2 Å². The Morgan fingerprint density at radius 1 is 1.26 bits per heavy atom. The Kier molecular flexibility index (Phi) is 4.17. The highest BCUT2D eigenvalue weighted by Crippen LogP contribution is 2.41. The Labute approximate surface area is 119 Å². The Bertz CT molecular complexity index is 621. The third-order valence-electron chi connectivity index (χ3n) is 2.59. The van der Waals surface area contributed by atoms with Gasteiger partial charge in [0.2, 0.25) is 0 Å². The van der Waals surface area contributed by atoms with Gasteiger partial charge in [-0.05, 0) is 13.0 Å². The van der Waals surface area contributed by atoms with E-state index in [1.54, 1.807) is 33.3 Å². The number of ether oxygens (including phenoxy) is 3. The summed E-state index contributed by atoms with van der Waals surface area (Å²) in [6, 6.07) is 3.56. The summed E-state index contributed by atoms with van der Waals surface area (Å²) in [7, 11) is 3.11. The lowest BCUT2D eigenvalue weighted by molar-refractivity contribution is 0.0532. The smallest absolute Gasteiger partial charge is 0.349 e. The molecule has 0 saturated carbocycles. The maximum absolute atomic E-state index is 11.8. The largest absolute Gasteiger partial charge is 0.493 e. The van der Waals surface area contributed by atoms with Crippen LogP contribution in [0.4, 0.5) is 0 Å². The number of thiophene rings is 1. The molecule has 0 saturated heterocycles. The van der Waals surface area contributed by atoms with E-state index in [9.17, 15) is 4.79 Å². The number of halogens is 1. The van der Waals surface area contributed by atoms with E-state index in [0.717, 1.165) is 10.1 Å². The number of esters is 1. The molecule has 4 nitrogen and oxygen atoms in total. The number of rotatable bonds is 4. The van der Waals surface area contributed by atoms with Crippen LogP contribution < -0.4 is 9.47 Å². The first-order valence-corrected chi connectivity index (χ1v) is 6.83. The molecule has 0 bridgehead atoms. The van der Waals surface area contributed by atoms with Crippen molar-refractivity contribution in [3.8, 4) is 11.5 Å². The minimum Gasteiger partial charge on any atom is -0.493 e. The number of benzene rings is 1. The standard InChI is InChI=1S/C13H13ClO4S/c1-4-18-13(15)12-11(14)7-5-8(16-2)9(17-3)6-10(7)19-12/h5-6H,4H2,1-3H3. The molecule has 2 rings (SSSR count). The molecule has 1 heterocycles. The fourth-order valence-corrected chi connectivity index (χ4v) is 3.13. The minimum atomic E-state index is -0.411. The molecular weight excluding hydrogens is 288 g/mol. The lowest BCUT2D eigenvalue weighted by Crippen LogP contribution is -2.02. The number of carbonyl (C=O) groups is 1. The number of carbonyl (C=O) groups excluding carboxylic acids is 1. The van der Waals surface area contributed by atoms with Crippen LogP contribution in [0.5, 0.6) is 11.5 Å². The van der Waals surface area contributed by atoms with Gasteiger partial charge in [-0.25, -0.2) is 4.79 Å². The molecule has 0 unspecified atom stereocenters. The van der Waals surface area contributed by atoms with E-state index in [2.05, 4.69) is 0 Å². The third kappa shape index (κ3) is 2.48. The van der Waals surface area contributed by atoms with Crippen molar-refractivity contribution in [3.05, 3.63) is 22.0 Å². The summed E-state index contributed by atoms with van der Waals surface area (Å²) >= 11 is 7.50. The lowest BCUT2D eigenvalue weighted by atomic mass is 10.2. The molecular formula is C13H13ClO4S. The second kappa shape index (κ2) is 5.67. The summed E-state index contributed by atoms with van der Waals surface area (Å²) in [5.74, 6) is 0.764. The molecule has 1 aromatic heterocycles. The summed E-state index contributed by atoms with van der Waals surface area (Å²) in [6.45, 7) is 2.07. The van der Waals surface area contributed by atoms with Gasteiger partial charge < -0.3 is 14.2 Å². The summed E-state index contributed by atoms with van der Waals surface area (Å²) in [5, 5.41) is 1.15. The molecule has 0 fully saturated rings. The van der Waals surface area contributed by atoms with Crippen LogP contribution in [-0.4, -0.2) is 26.8 Å². The van der Waals surface area contributed by atoms with E-state index in [-0.39, 0.29) is 0 Å². The Hall–Kier alpha value is -1.46. The fraction of sp³-hybridized carbons (Fsp3) is 0.308. The normalized spacial score (nSPS) is 10.5. The van der Waals surface area contributed by atoms with Crippen LogP contribution in [0.15, 0.2) is 12.1 Å². The van der Waals surface area contributed by atoms with Gasteiger partial charge in [0.1, 0.15) is 4.88 Å². The van der Waals surface area contributed by atoms with E-state index >= 15 is 0 Å². The van der Waals surface area contributed by atoms with Gasteiger partial charge in [0.25, 0.3) is 0 Å². The van der Waals surface area contributed by atoms with Crippen molar-refractivity contribution in [3.63, 3.8) is 0 Å². The molecule has 0 aliphatic carbocycles. The maximum Gasteiger partial charge on any atom is 0.349 e. The first kappa shape index (κ1) is 14.0. The predicted octanol–water partition coefficient (Wildman–Crippen LogP) is 3.75. The van der Waals surface area contributed by atoms with Crippen LogP contribution in [0.1, 0.15) is 16.6 Å². The average molecular weight is 301 g/mol. The van der Waals surface area contributed by atoms with Crippen LogP contribution in [-0.2, 0) is 4.74 Å². The molecule has 2 aromatic rings. The summed E-state index contributed by atoms with van der Waals surface area (Å²) in [6.07, 6.45) is 0. The average Bonchev–Trinajstić information content (AvgIpc) is 2.74. The number of fused-ring (bicyclic) bond motifs is 1. The fourth-order valence-electron chi connectivity index (χ4n) is 1.72. The Morgan fingerprint density at radius 3 is 2.47 bits per heavy atom. The van der Waals surface area contributed by atoms with E-state index in [4.69, 9.17) is 25.8 Å². The van der Waals surface area contributed by atoms with Crippen LogP contribution in [0.3, 0.4) is 0 Å². The second-order valence-electron chi connectivity index (χ2n) is 3.67. The van der Waals surface area contributed by atoms with Gasteiger partial charge in [-0.15, -0.1) is 11.3 Å². The molecule has 6 heteroatoms. The number of hydrogen-bond acceptors (Lipinski definition) is 5. The van der Waals surface area contributed by atoms with Crippen molar-refractivity contribution < 1.29 is 19.0 Å². The maximum atomic E-state index is 11.8. The van der Waals surface area contributed by atoms with Gasteiger partial charge in [-0.3, -0.25) is 0 Å². The van der Waals surface area contributed by atoms with Crippen LogP contribution in [0, 0.1) is 0 Å². The van der Waals surface area contributed by atoms with Gasteiger partial charge in [0.05, 0.1) is 25.8 Å². The molecule has 0 N–H and O–H groups in total. The molecule has 0 aliphatic rings. The quantitative estimate of drug-likeness (QED) is 0.807. The third-order valence-corrected chi connectivity index (χ3v) is 4.23. The van der Waals surface area contributed by atoms with Crippen LogP contribution >= 0.6 is 22.9 Å². The van der Waals surface area contributed by atoms with Crippen LogP contribution in [0.2, 0.25) is 5.02 Å². The zero-order chi connectivity index (χ0) is 14.0. The number of methoxy groups -OCH3 is 2. The second-order valence-corrected chi connectivity index (χ2v) is 5.10. The van der Waals surface area contributed by atoms with E-state index < -0.39 is 5.97 Å². The highest BCUT2D eigenvalue weighted by atomic mass is 35.5. The Balaban J connectivity index is 2.60.